The number of hydroxylamine groups is 1. The van der Waals surface area contributed by atoms with E-state index in [1.165, 1.54) is 12.1 Å². The van der Waals surface area contributed by atoms with Gasteiger partial charge in [-0.25, -0.2) is 13.9 Å². The molecule has 0 spiro atoms. The number of hydrogen-bond acceptors (Lipinski definition) is 7. The van der Waals surface area contributed by atoms with Gasteiger partial charge in [-0.1, -0.05) is 24.3 Å². The van der Waals surface area contributed by atoms with Crippen molar-refractivity contribution < 1.29 is 23.2 Å². The number of rotatable bonds is 9. The molecule has 0 aliphatic carbocycles. The average Bonchev–Trinajstić information content (AvgIpc) is 2.87. The lowest BCUT2D eigenvalue weighted by Gasteiger charge is -2.36. The number of carbonyl (C=O) groups excluding carboxylic acids is 1. The molecule has 0 bridgehead atoms. The monoisotopic (exact) mass is 509 g/mol. The average molecular weight is 510 g/mol. The number of fused-ring (bicyclic) bond motifs is 1. The summed E-state index contributed by atoms with van der Waals surface area (Å²) in [5.74, 6) is -1.21. The van der Waals surface area contributed by atoms with Crippen LogP contribution in [-0.4, -0.2) is 54.8 Å². The Morgan fingerprint density at radius 2 is 2.00 bits per heavy atom. The van der Waals surface area contributed by atoms with E-state index in [2.05, 4.69) is 16.5 Å². The minimum atomic E-state index is -3.67. The topological polar surface area (TPSA) is 109 Å². The van der Waals surface area contributed by atoms with Crippen molar-refractivity contribution in [3.05, 3.63) is 78.5 Å². The zero-order chi connectivity index (χ0) is 25.7. The minimum absolute atomic E-state index is 0.170. The van der Waals surface area contributed by atoms with Crippen LogP contribution < -0.4 is 10.2 Å². The van der Waals surface area contributed by atoms with Crippen LogP contribution in [0.2, 0.25) is 0 Å². The summed E-state index contributed by atoms with van der Waals surface area (Å²) >= 11 is 0. The van der Waals surface area contributed by atoms with Gasteiger partial charge in [0.05, 0.1) is 16.2 Å². The summed E-state index contributed by atoms with van der Waals surface area (Å²) < 4.78 is 32.4. The molecule has 2 N–H and O–H groups in total. The maximum atomic E-state index is 13.2. The van der Waals surface area contributed by atoms with Gasteiger partial charge in [0, 0.05) is 35.7 Å². The number of benzene rings is 2. The second kappa shape index (κ2) is 11.2. The Morgan fingerprint density at radius 1 is 1.25 bits per heavy atom. The number of aromatic nitrogens is 1. The third kappa shape index (κ3) is 5.92. The fraction of sp³-hybridized carbons (Fsp3) is 0.333. The van der Waals surface area contributed by atoms with Crippen LogP contribution in [0.25, 0.3) is 10.9 Å². The van der Waals surface area contributed by atoms with Crippen molar-refractivity contribution in [2.45, 2.75) is 24.8 Å². The molecular formula is C27H31N3O5S. The number of ether oxygens (including phenoxy) is 1. The van der Waals surface area contributed by atoms with E-state index in [9.17, 15) is 13.2 Å². The molecule has 3 aromatic rings. The van der Waals surface area contributed by atoms with Gasteiger partial charge in [0.1, 0.15) is 12.4 Å². The number of carbonyl (C=O) groups is 1. The van der Waals surface area contributed by atoms with Crippen molar-refractivity contribution in [2.24, 2.45) is 11.8 Å². The van der Waals surface area contributed by atoms with Gasteiger partial charge in [-0.3, -0.25) is 19.9 Å². The maximum Gasteiger partial charge on any atom is 0.246 e. The SMILES string of the molecule is C=CCN1CC[C@H](C(=O)NO)[C@H](CS(=O)(=O)c2ccc(OCc3cc(C)nc4ccccc34)cc2)C1. The molecule has 0 radical (unpaired) electrons. The number of para-hydroxylation sites is 1. The van der Waals surface area contributed by atoms with Gasteiger partial charge in [0.25, 0.3) is 0 Å². The van der Waals surface area contributed by atoms with Crippen molar-refractivity contribution in [2.75, 3.05) is 25.4 Å². The van der Waals surface area contributed by atoms with Crippen LogP contribution in [-0.2, 0) is 21.2 Å². The predicted octanol–water partition coefficient (Wildman–Crippen LogP) is 3.53. The first-order valence-corrected chi connectivity index (χ1v) is 13.5. The maximum absolute atomic E-state index is 13.2. The summed E-state index contributed by atoms with van der Waals surface area (Å²) in [4.78, 5) is 19.0. The number of piperidine rings is 1. The standard InChI is InChI=1S/C27H31N3O5S/c1-3-13-30-14-12-25(27(31)29-32)21(16-30)18-36(33,34)23-10-8-22(9-11-23)35-17-20-15-19(2)28-26-7-5-4-6-24(20)26/h3-11,15,21,25,32H,1,12-14,16-18H2,2H3,(H,29,31)/t21-,25-/m0/s1. The van der Waals surface area contributed by atoms with Gasteiger partial charge >= 0.3 is 0 Å². The molecule has 2 atom stereocenters. The molecular weight excluding hydrogens is 478 g/mol. The van der Waals surface area contributed by atoms with E-state index in [1.54, 1.807) is 23.7 Å². The summed E-state index contributed by atoms with van der Waals surface area (Å²) in [6.07, 6.45) is 2.23. The van der Waals surface area contributed by atoms with Crippen molar-refractivity contribution in [1.82, 2.24) is 15.4 Å². The van der Waals surface area contributed by atoms with E-state index < -0.39 is 27.6 Å². The molecule has 1 saturated heterocycles. The Bertz CT molecular complexity index is 1340. The molecule has 2 heterocycles. The van der Waals surface area contributed by atoms with Crippen LogP contribution in [0, 0.1) is 18.8 Å². The third-order valence-electron chi connectivity index (χ3n) is 6.59. The van der Waals surface area contributed by atoms with E-state index in [1.807, 2.05) is 37.3 Å². The van der Waals surface area contributed by atoms with E-state index in [-0.39, 0.29) is 10.6 Å². The van der Waals surface area contributed by atoms with Crippen LogP contribution in [0.3, 0.4) is 0 Å². The first-order valence-electron chi connectivity index (χ1n) is 11.9. The van der Waals surface area contributed by atoms with E-state index >= 15 is 0 Å². The fourth-order valence-electron chi connectivity index (χ4n) is 4.85. The summed E-state index contributed by atoms with van der Waals surface area (Å²) in [5, 5.41) is 10.1. The van der Waals surface area contributed by atoms with Crippen molar-refractivity contribution >= 4 is 26.6 Å². The highest BCUT2D eigenvalue weighted by Crippen LogP contribution is 2.28. The molecule has 1 aliphatic heterocycles. The molecule has 1 amide bonds. The number of hydrogen-bond donors (Lipinski definition) is 2. The van der Waals surface area contributed by atoms with E-state index in [0.717, 1.165) is 22.2 Å². The molecule has 2 aromatic carbocycles. The highest BCUT2D eigenvalue weighted by atomic mass is 32.2. The van der Waals surface area contributed by atoms with E-state index in [4.69, 9.17) is 9.94 Å². The fourth-order valence-corrected chi connectivity index (χ4v) is 6.49. The molecule has 1 aromatic heterocycles. The summed E-state index contributed by atoms with van der Waals surface area (Å²) in [6.45, 7) is 7.69. The molecule has 1 fully saturated rings. The minimum Gasteiger partial charge on any atom is -0.489 e. The molecule has 190 valence electrons. The quantitative estimate of drug-likeness (QED) is 0.258. The molecule has 36 heavy (non-hydrogen) atoms. The Kier molecular flexibility index (Phi) is 8.03. The van der Waals surface area contributed by atoms with Crippen molar-refractivity contribution in [3.63, 3.8) is 0 Å². The Labute approximate surface area is 211 Å². The Morgan fingerprint density at radius 3 is 2.72 bits per heavy atom. The molecule has 4 rings (SSSR count). The number of pyridine rings is 1. The number of sulfone groups is 1. The van der Waals surface area contributed by atoms with Crippen LogP contribution in [0.15, 0.2) is 72.1 Å². The molecule has 8 nitrogen and oxygen atoms in total. The molecule has 0 saturated carbocycles. The van der Waals surface area contributed by atoms with Crippen molar-refractivity contribution in [1.29, 1.82) is 0 Å². The van der Waals surface area contributed by atoms with Gasteiger partial charge in [-0.15, -0.1) is 6.58 Å². The third-order valence-corrected chi connectivity index (χ3v) is 8.45. The summed E-state index contributed by atoms with van der Waals surface area (Å²) in [5.41, 5.74) is 4.50. The summed E-state index contributed by atoms with van der Waals surface area (Å²) in [6, 6.07) is 16.2. The van der Waals surface area contributed by atoms with Crippen LogP contribution in [0.1, 0.15) is 17.7 Å². The van der Waals surface area contributed by atoms with Gasteiger partial charge in [-0.05, 0) is 62.2 Å². The zero-order valence-corrected chi connectivity index (χ0v) is 21.1. The van der Waals surface area contributed by atoms with E-state index in [0.29, 0.717) is 38.4 Å². The van der Waals surface area contributed by atoms with Gasteiger partial charge < -0.3 is 4.74 Å². The first kappa shape index (κ1) is 25.8. The smallest absolute Gasteiger partial charge is 0.246 e. The molecule has 9 heteroatoms. The number of nitrogens with one attached hydrogen (secondary N) is 1. The predicted molar refractivity (Wildman–Crippen MR) is 137 cm³/mol. The number of likely N-dealkylation sites (tertiary alicyclic amines) is 1. The molecule has 1 aliphatic rings. The van der Waals surface area contributed by atoms with Gasteiger partial charge in [0.2, 0.25) is 5.91 Å². The van der Waals surface area contributed by atoms with Crippen molar-refractivity contribution in [3.8, 4) is 5.75 Å². The lowest BCUT2D eigenvalue weighted by Crippen LogP contribution is -2.48. The number of amides is 1. The van der Waals surface area contributed by atoms with Gasteiger partial charge in [-0.2, -0.15) is 0 Å². The highest BCUT2D eigenvalue weighted by molar-refractivity contribution is 7.91. The Hall–Kier alpha value is -3.27. The second-order valence-corrected chi connectivity index (χ2v) is 11.2. The largest absolute Gasteiger partial charge is 0.489 e. The number of nitrogens with zero attached hydrogens (tertiary/aromatic N) is 2. The number of aryl methyl sites for hydroxylation is 1. The normalized spacial score (nSPS) is 18.6. The molecule has 0 unspecified atom stereocenters. The Balaban J connectivity index is 1.46. The van der Waals surface area contributed by atoms with Gasteiger partial charge in [0.15, 0.2) is 9.84 Å². The lowest BCUT2D eigenvalue weighted by atomic mass is 9.86. The first-order chi connectivity index (χ1) is 17.3. The summed E-state index contributed by atoms with van der Waals surface area (Å²) in [7, 11) is -3.67. The lowest BCUT2D eigenvalue weighted by molar-refractivity contribution is -0.136. The zero-order valence-electron chi connectivity index (χ0n) is 20.3. The second-order valence-electron chi connectivity index (χ2n) is 9.16. The van der Waals surface area contributed by atoms with Crippen LogP contribution in [0.4, 0.5) is 0 Å². The van der Waals surface area contributed by atoms with Crippen LogP contribution in [0.5, 0.6) is 5.75 Å². The van der Waals surface area contributed by atoms with Crippen LogP contribution >= 0.6 is 0 Å². The highest BCUT2D eigenvalue weighted by Gasteiger charge is 2.37.